The van der Waals surface area contributed by atoms with E-state index in [1.807, 2.05) is 11.9 Å². The highest BCUT2D eigenvalue weighted by Crippen LogP contribution is 2.60. The summed E-state index contributed by atoms with van der Waals surface area (Å²) in [5.41, 5.74) is 2.41. The number of carbonyl (C=O) groups is 1. The van der Waals surface area contributed by atoms with Gasteiger partial charge >= 0.3 is 0 Å². The maximum Gasteiger partial charge on any atom is 0.228 e. The molecule has 0 aromatic heterocycles. The third-order valence-corrected chi connectivity index (χ3v) is 6.71. The fraction of sp³-hybridized carbons (Fsp3) is 0.667. The van der Waals surface area contributed by atoms with E-state index in [4.69, 9.17) is 0 Å². The third kappa shape index (κ3) is 2.72. The highest BCUT2D eigenvalue weighted by Gasteiger charge is 2.55. The summed E-state index contributed by atoms with van der Waals surface area (Å²) in [6.07, 6.45) is 7.64. The van der Waals surface area contributed by atoms with Gasteiger partial charge in [-0.05, 0) is 74.0 Å². The van der Waals surface area contributed by atoms with E-state index in [0.717, 1.165) is 43.6 Å². The monoisotopic (exact) mass is 326 g/mol. The molecule has 4 saturated carbocycles. The molecule has 4 aliphatic carbocycles. The molecule has 0 unspecified atom stereocenters. The Balaban J connectivity index is 1.46. The molecule has 3 nitrogen and oxygen atoms in total. The average Bonchev–Trinajstić information content (AvgIpc) is 2.53. The van der Waals surface area contributed by atoms with Crippen LogP contribution in [-0.4, -0.2) is 32.0 Å². The SMILES string of the molecule is CN(Cc1ccc(N(C)C)cc1)C(=O)C12CC3CC(CC(C3)C1)C2. The van der Waals surface area contributed by atoms with E-state index in [0.29, 0.717) is 5.91 Å². The first-order valence-corrected chi connectivity index (χ1v) is 9.47. The maximum atomic E-state index is 13.3. The lowest BCUT2D eigenvalue weighted by Gasteiger charge is -2.56. The van der Waals surface area contributed by atoms with Crippen LogP contribution in [0.3, 0.4) is 0 Å². The fourth-order valence-electron chi connectivity index (χ4n) is 6.02. The molecule has 5 rings (SSSR count). The van der Waals surface area contributed by atoms with Gasteiger partial charge in [0.1, 0.15) is 0 Å². The van der Waals surface area contributed by atoms with E-state index >= 15 is 0 Å². The smallest absolute Gasteiger partial charge is 0.228 e. The summed E-state index contributed by atoms with van der Waals surface area (Å²) in [7, 11) is 6.11. The predicted molar refractivity (Wildman–Crippen MR) is 97.8 cm³/mol. The Morgan fingerprint density at radius 3 is 1.92 bits per heavy atom. The molecule has 4 bridgehead atoms. The molecule has 3 heteroatoms. The summed E-state index contributed by atoms with van der Waals surface area (Å²) >= 11 is 0. The molecule has 24 heavy (non-hydrogen) atoms. The van der Waals surface area contributed by atoms with Gasteiger partial charge in [-0.1, -0.05) is 12.1 Å². The normalized spacial score (nSPS) is 33.5. The second-order valence-corrected chi connectivity index (χ2v) is 8.92. The maximum absolute atomic E-state index is 13.3. The molecular weight excluding hydrogens is 296 g/mol. The first-order chi connectivity index (χ1) is 11.4. The van der Waals surface area contributed by atoms with E-state index in [1.165, 1.54) is 30.5 Å². The topological polar surface area (TPSA) is 23.6 Å². The van der Waals surface area contributed by atoms with Crippen molar-refractivity contribution in [3.05, 3.63) is 29.8 Å². The summed E-state index contributed by atoms with van der Waals surface area (Å²) < 4.78 is 0. The Bertz CT molecular complexity index is 584. The van der Waals surface area contributed by atoms with Crippen molar-refractivity contribution >= 4 is 11.6 Å². The average molecular weight is 326 g/mol. The predicted octanol–water partition coefficient (Wildman–Crippen LogP) is 3.93. The first-order valence-electron chi connectivity index (χ1n) is 9.47. The van der Waals surface area contributed by atoms with Gasteiger partial charge in [-0.25, -0.2) is 0 Å². The van der Waals surface area contributed by atoms with Crippen LogP contribution in [0.1, 0.15) is 44.1 Å². The number of carbonyl (C=O) groups excluding carboxylic acids is 1. The minimum absolute atomic E-state index is 0.0208. The van der Waals surface area contributed by atoms with Gasteiger partial charge in [0.2, 0.25) is 5.91 Å². The molecule has 1 amide bonds. The second-order valence-electron chi connectivity index (χ2n) is 8.92. The van der Waals surface area contributed by atoms with E-state index in [-0.39, 0.29) is 5.41 Å². The van der Waals surface area contributed by atoms with E-state index in [2.05, 4.69) is 43.3 Å². The van der Waals surface area contributed by atoms with E-state index in [9.17, 15) is 4.79 Å². The van der Waals surface area contributed by atoms with Crippen molar-refractivity contribution in [2.24, 2.45) is 23.2 Å². The lowest BCUT2D eigenvalue weighted by atomic mass is 9.49. The zero-order chi connectivity index (χ0) is 16.9. The molecule has 130 valence electrons. The highest BCUT2D eigenvalue weighted by atomic mass is 16.2. The van der Waals surface area contributed by atoms with Gasteiger partial charge in [0.15, 0.2) is 0 Å². The molecule has 4 aliphatic rings. The molecule has 0 aliphatic heterocycles. The number of hydrogen-bond donors (Lipinski definition) is 0. The van der Waals surface area contributed by atoms with Crippen LogP contribution in [0.25, 0.3) is 0 Å². The third-order valence-electron chi connectivity index (χ3n) is 6.71. The van der Waals surface area contributed by atoms with Crippen molar-refractivity contribution in [2.75, 3.05) is 26.0 Å². The summed E-state index contributed by atoms with van der Waals surface area (Å²) in [5.74, 6) is 2.90. The molecule has 0 heterocycles. The second kappa shape index (κ2) is 5.79. The molecule has 0 spiro atoms. The van der Waals surface area contributed by atoms with Crippen molar-refractivity contribution in [2.45, 2.75) is 45.1 Å². The lowest BCUT2D eigenvalue weighted by Crippen LogP contribution is -2.53. The van der Waals surface area contributed by atoms with Gasteiger partial charge in [0.25, 0.3) is 0 Å². The van der Waals surface area contributed by atoms with Crippen molar-refractivity contribution in [3.63, 3.8) is 0 Å². The van der Waals surface area contributed by atoms with Crippen molar-refractivity contribution in [1.82, 2.24) is 4.90 Å². The summed E-state index contributed by atoms with van der Waals surface area (Å²) in [6.45, 7) is 0.730. The molecule has 0 saturated heterocycles. The minimum Gasteiger partial charge on any atom is -0.378 e. The van der Waals surface area contributed by atoms with Crippen molar-refractivity contribution < 1.29 is 4.79 Å². The Hall–Kier alpha value is -1.51. The molecule has 1 aromatic carbocycles. The van der Waals surface area contributed by atoms with Gasteiger partial charge < -0.3 is 9.80 Å². The minimum atomic E-state index is -0.0208. The van der Waals surface area contributed by atoms with Crippen LogP contribution in [0.4, 0.5) is 5.69 Å². The number of hydrogen-bond acceptors (Lipinski definition) is 2. The van der Waals surface area contributed by atoms with Crippen LogP contribution in [0, 0.1) is 23.2 Å². The van der Waals surface area contributed by atoms with Gasteiger partial charge in [-0.3, -0.25) is 4.79 Å². The molecule has 0 N–H and O–H groups in total. The van der Waals surface area contributed by atoms with Crippen molar-refractivity contribution in [3.8, 4) is 0 Å². The van der Waals surface area contributed by atoms with Gasteiger partial charge in [0.05, 0.1) is 5.41 Å². The van der Waals surface area contributed by atoms with Crippen LogP contribution in [0.2, 0.25) is 0 Å². The molecule has 1 aromatic rings. The lowest BCUT2D eigenvalue weighted by molar-refractivity contribution is -0.156. The molecule has 4 fully saturated rings. The number of amides is 1. The number of anilines is 1. The highest BCUT2D eigenvalue weighted by molar-refractivity contribution is 5.83. The zero-order valence-electron chi connectivity index (χ0n) is 15.3. The summed E-state index contributed by atoms with van der Waals surface area (Å²) in [5, 5.41) is 0. The number of benzene rings is 1. The molecule has 0 atom stereocenters. The quantitative estimate of drug-likeness (QED) is 0.837. The summed E-state index contributed by atoms with van der Waals surface area (Å²) in [4.78, 5) is 17.4. The standard InChI is InChI=1S/C21H30N2O/c1-22(2)19-6-4-15(5-7-19)14-23(3)20(24)21-11-16-8-17(12-21)10-18(9-16)13-21/h4-7,16-18H,8-14H2,1-3H3. The Labute approximate surface area is 146 Å². The van der Waals surface area contributed by atoms with E-state index in [1.54, 1.807) is 0 Å². The van der Waals surface area contributed by atoms with Crippen LogP contribution in [0.5, 0.6) is 0 Å². The van der Waals surface area contributed by atoms with Gasteiger partial charge in [0, 0.05) is 33.4 Å². The van der Waals surface area contributed by atoms with Crippen LogP contribution in [-0.2, 0) is 11.3 Å². The molecule has 0 radical (unpaired) electrons. The van der Waals surface area contributed by atoms with Crippen LogP contribution >= 0.6 is 0 Å². The van der Waals surface area contributed by atoms with Crippen molar-refractivity contribution in [1.29, 1.82) is 0 Å². The van der Waals surface area contributed by atoms with Gasteiger partial charge in [-0.15, -0.1) is 0 Å². The molecular formula is C21H30N2O. The number of nitrogens with zero attached hydrogens (tertiary/aromatic N) is 2. The fourth-order valence-corrected chi connectivity index (χ4v) is 6.02. The van der Waals surface area contributed by atoms with E-state index < -0.39 is 0 Å². The van der Waals surface area contributed by atoms with Crippen LogP contribution in [0.15, 0.2) is 24.3 Å². The zero-order valence-corrected chi connectivity index (χ0v) is 15.3. The van der Waals surface area contributed by atoms with Crippen LogP contribution < -0.4 is 4.90 Å². The number of rotatable bonds is 4. The Morgan fingerprint density at radius 2 is 1.46 bits per heavy atom. The Kier molecular flexibility index (Phi) is 3.85. The first kappa shape index (κ1) is 16.0. The summed E-state index contributed by atoms with van der Waals surface area (Å²) in [6, 6.07) is 8.58. The largest absolute Gasteiger partial charge is 0.378 e. The van der Waals surface area contributed by atoms with Gasteiger partial charge in [-0.2, -0.15) is 0 Å². The Morgan fingerprint density at radius 1 is 0.958 bits per heavy atom.